The van der Waals surface area contributed by atoms with Gasteiger partial charge >= 0.3 is 6.09 Å². The molecule has 0 aromatic rings. The molecular weight excluding hydrogens is 282 g/mol. The Morgan fingerprint density at radius 2 is 1.41 bits per heavy atom. The van der Waals surface area contributed by atoms with Gasteiger partial charge in [0, 0.05) is 32.1 Å². The highest BCUT2D eigenvalue weighted by Gasteiger charge is 2.31. The molecule has 0 atom stereocenters. The van der Waals surface area contributed by atoms with E-state index in [-0.39, 0.29) is 17.9 Å². The van der Waals surface area contributed by atoms with Gasteiger partial charge < -0.3 is 19.4 Å². The van der Waals surface area contributed by atoms with E-state index in [1.807, 2.05) is 25.7 Å². The first-order valence-electron chi connectivity index (χ1n) is 8.21. The largest absolute Gasteiger partial charge is 0.444 e. The lowest BCUT2D eigenvalue weighted by molar-refractivity contribution is -0.138. The fourth-order valence-electron chi connectivity index (χ4n) is 2.95. The predicted octanol–water partition coefficient (Wildman–Crippen LogP) is 1.41. The zero-order valence-corrected chi connectivity index (χ0v) is 14.3. The number of carbonyl (C=O) groups excluding carboxylic acids is 2. The average molecular weight is 311 g/mol. The van der Waals surface area contributed by atoms with Crippen molar-refractivity contribution in [3.63, 3.8) is 0 Å². The van der Waals surface area contributed by atoms with Crippen LogP contribution in [0.25, 0.3) is 0 Å². The van der Waals surface area contributed by atoms with Crippen LogP contribution < -0.4 is 0 Å². The summed E-state index contributed by atoms with van der Waals surface area (Å²) < 4.78 is 5.38. The summed E-state index contributed by atoms with van der Waals surface area (Å²) in [4.78, 5) is 30.4. The number of nitrogens with zero attached hydrogens (tertiary/aromatic N) is 3. The van der Waals surface area contributed by atoms with Crippen LogP contribution in [0.2, 0.25) is 0 Å². The van der Waals surface area contributed by atoms with E-state index in [2.05, 4.69) is 11.9 Å². The van der Waals surface area contributed by atoms with Gasteiger partial charge in [-0.3, -0.25) is 4.79 Å². The van der Waals surface area contributed by atoms with Crippen molar-refractivity contribution in [1.29, 1.82) is 0 Å². The number of amides is 2. The van der Waals surface area contributed by atoms with Crippen LogP contribution in [-0.2, 0) is 9.53 Å². The second-order valence-corrected chi connectivity index (χ2v) is 7.37. The zero-order chi connectivity index (χ0) is 16.3. The van der Waals surface area contributed by atoms with Gasteiger partial charge in [0.25, 0.3) is 0 Å². The SMILES string of the molecule is CN1CCC(C(=O)N2CCN(C(=O)OC(C)(C)C)CC2)CC1. The first kappa shape index (κ1) is 17.1. The minimum atomic E-state index is -0.474. The molecule has 0 unspecified atom stereocenters. The quantitative estimate of drug-likeness (QED) is 0.735. The Hall–Kier alpha value is -1.30. The standard InChI is InChI=1S/C16H29N3O3/c1-16(2,3)22-15(21)19-11-9-18(10-12-19)14(20)13-5-7-17(4)8-6-13/h13H,5-12H2,1-4H3. The molecule has 0 aromatic heterocycles. The van der Waals surface area contributed by atoms with E-state index in [9.17, 15) is 9.59 Å². The van der Waals surface area contributed by atoms with Gasteiger partial charge in [0.05, 0.1) is 0 Å². The van der Waals surface area contributed by atoms with Gasteiger partial charge in [0.2, 0.25) is 5.91 Å². The molecule has 126 valence electrons. The summed E-state index contributed by atoms with van der Waals surface area (Å²) in [6, 6.07) is 0. The van der Waals surface area contributed by atoms with Gasteiger partial charge in [-0.2, -0.15) is 0 Å². The van der Waals surface area contributed by atoms with Crippen LogP contribution in [0.15, 0.2) is 0 Å². The van der Waals surface area contributed by atoms with E-state index in [1.54, 1.807) is 4.90 Å². The number of hydrogen-bond acceptors (Lipinski definition) is 4. The summed E-state index contributed by atoms with van der Waals surface area (Å²) >= 11 is 0. The monoisotopic (exact) mass is 311 g/mol. The molecule has 2 aliphatic heterocycles. The van der Waals surface area contributed by atoms with Crippen molar-refractivity contribution in [3.8, 4) is 0 Å². The molecule has 0 aliphatic carbocycles. The van der Waals surface area contributed by atoms with Crippen molar-refractivity contribution in [1.82, 2.24) is 14.7 Å². The molecule has 2 aliphatic rings. The molecule has 6 nitrogen and oxygen atoms in total. The molecular formula is C16H29N3O3. The first-order valence-corrected chi connectivity index (χ1v) is 8.21. The molecule has 22 heavy (non-hydrogen) atoms. The lowest BCUT2D eigenvalue weighted by Crippen LogP contribution is -2.53. The maximum Gasteiger partial charge on any atom is 0.410 e. The van der Waals surface area contributed by atoms with Crippen molar-refractivity contribution < 1.29 is 14.3 Å². The van der Waals surface area contributed by atoms with Gasteiger partial charge in [-0.1, -0.05) is 0 Å². The normalized spacial score (nSPS) is 21.8. The van der Waals surface area contributed by atoms with Crippen molar-refractivity contribution in [2.45, 2.75) is 39.2 Å². The molecule has 2 saturated heterocycles. The minimum Gasteiger partial charge on any atom is -0.444 e. The fourth-order valence-corrected chi connectivity index (χ4v) is 2.95. The van der Waals surface area contributed by atoms with Crippen LogP contribution in [0.3, 0.4) is 0 Å². The Kier molecular flexibility index (Phi) is 5.32. The number of rotatable bonds is 1. The zero-order valence-electron chi connectivity index (χ0n) is 14.3. The molecule has 6 heteroatoms. The van der Waals surface area contributed by atoms with Crippen molar-refractivity contribution >= 4 is 12.0 Å². The predicted molar refractivity (Wildman–Crippen MR) is 84.6 cm³/mol. The van der Waals surface area contributed by atoms with Crippen molar-refractivity contribution in [2.24, 2.45) is 5.92 Å². The fraction of sp³-hybridized carbons (Fsp3) is 0.875. The molecule has 0 saturated carbocycles. The number of piperazine rings is 1. The van der Waals surface area contributed by atoms with Crippen LogP contribution in [0.4, 0.5) is 4.79 Å². The van der Waals surface area contributed by atoms with Gasteiger partial charge in [0.15, 0.2) is 0 Å². The highest BCUT2D eigenvalue weighted by molar-refractivity contribution is 5.79. The number of hydrogen-bond donors (Lipinski definition) is 0. The highest BCUT2D eigenvalue weighted by Crippen LogP contribution is 2.20. The van der Waals surface area contributed by atoms with Gasteiger partial charge in [-0.05, 0) is 53.8 Å². The Labute approximate surface area is 133 Å². The van der Waals surface area contributed by atoms with Crippen LogP contribution in [0.5, 0.6) is 0 Å². The molecule has 2 amide bonds. The second-order valence-electron chi connectivity index (χ2n) is 7.37. The number of carbonyl (C=O) groups is 2. The van der Waals surface area contributed by atoms with Crippen LogP contribution in [0.1, 0.15) is 33.6 Å². The lowest BCUT2D eigenvalue weighted by atomic mass is 9.95. The van der Waals surface area contributed by atoms with Crippen LogP contribution >= 0.6 is 0 Å². The van der Waals surface area contributed by atoms with Crippen LogP contribution in [-0.4, -0.2) is 78.6 Å². The Morgan fingerprint density at radius 3 is 1.91 bits per heavy atom. The first-order chi connectivity index (χ1) is 10.3. The summed E-state index contributed by atoms with van der Waals surface area (Å²) in [5.74, 6) is 0.418. The molecule has 0 bridgehead atoms. The van der Waals surface area contributed by atoms with Crippen molar-refractivity contribution in [2.75, 3.05) is 46.3 Å². The maximum absolute atomic E-state index is 12.5. The molecule has 0 aromatic carbocycles. The number of likely N-dealkylation sites (tertiary alicyclic amines) is 1. The number of ether oxygens (including phenoxy) is 1. The third-order valence-corrected chi connectivity index (χ3v) is 4.31. The summed E-state index contributed by atoms with van der Waals surface area (Å²) in [5, 5.41) is 0. The summed E-state index contributed by atoms with van der Waals surface area (Å²) in [6.45, 7) is 9.94. The van der Waals surface area contributed by atoms with Gasteiger partial charge in [-0.15, -0.1) is 0 Å². The summed E-state index contributed by atoms with van der Waals surface area (Å²) in [5.41, 5.74) is -0.474. The Bertz CT molecular complexity index is 403. The van der Waals surface area contributed by atoms with E-state index in [0.29, 0.717) is 26.2 Å². The second kappa shape index (κ2) is 6.86. The smallest absolute Gasteiger partial charge is 0.410 e. The third-order valence-electron chi connectivity index (χ3n) is 4.31. The molecule has 2 heterocycles. The Morgan fingerprint density at radius 1 is 0.909 bits per heavy atom. The molecule has 0 spiro atoms. The van der Waals surface area contributed by atoms with E-state index in [4.69, 9.17) is 4.74 Å². The lowest BCUT2D eigenvalue weighted by Gasteiger charge is -2.38. The average Bonchev–Trinajstić information content (AvgIpc) is 2.46. The number of piperidine rings is 1. The van der Waals surface area contributed by atoms with Gasteiger partial charge in [-0.25, -0.2) is 4.79 Å². The van der Waals surface area contributed by atoms with Crippen LogP contribution in [0, 0.1) is 5.92 Å². The summed E-state index contributed by atoms with van der Waals surface area (Å²) in [6.07, 6.45) is 1.61. The molecule has 2 rings (SSSR count). The molecule has 2 fully saturated rings. The maximum atomic E-state index is 12.5. The minimum absolute atomic E-state index is 0.157. The van der Waals surface area contributed by atoms with Crippen molar-refractivity contribution in [3.05, 3.63) is 0 Å². The van der Waals surface area contributed by atoms with E-state index < -0.39 is 5.60 Å². The van der Waals surface area contributed by atoms with E-state index in [0.717, 1.165) is 25.9 Å². The van der Waals surface area contributed by atoms with E-state index in [1.165, 1.54) is 0 Å². The van der Waals surface area contributed by atoms with E-state index >= 15 is 0 Å². The van der Waals surface area contributed by atoms with Gasteiger partial charge in [0.1, 0.15) is 5.60 Å². The summed E-state index contributed by atoms with van der Waals surface area (Å²) in [7, 11) is 2.10. The topological polar surface area (TPSA) is 53.1 Å². The molecule has 0 radical (unpaired) electrons. The molecule has 0 N–H and O–H groups in total. The Balaban J connectivity index is 1.79. The third kappa shape index (κ3) is 4.60. The highest BCUT2D eigenvalue weighted by atomic mass is 16.6.